The molecule has 0 amide bonds. The van der Waals surface area contributed by atoms with Gasteiger partial charge < -0.3 is 15.4 Å². The molecule has 2 rings (SSSR count). The summed E-state index contributed by atoms with van der Waals surface area (Å²) in [5.74, 6) is 0.960. The van der Waals surface area contributed by atoms with Gasteiger partial charge in [-0.05, 0) is 46.5 Å². The number of likely N-dealkylation sites (tertiary alicyclic amines) is 1. The Bertz CT molecular complexity index is 438. The molecule has 4 heteroatoms. The monoisotopic (exact) mass is 291 g/mol. The number of hydrogen-bond acceptors (Lipinski definition) is 4. The predicted molar refractivity (Wildman–Crippen MR) is 87.7 cm³/mol. The van der Waals surface area contributed by atoms with Gasteiger partial charge in [0.2, 0.25) is 0 Å². The maximum atomic E-state index is 6.07. The third-order valence-electron chi connectivity index (χ3n) is 4.50. The van der Waals surface area contributed by atoms with Crippen LogP contribution in [0, 0.1) is 0 Å². The van der Waals surface area contributed by atoms with Gasteiger partial charge in [0.05, 0.1) is 12.6 Å². The van der Waals surface area contributed by atoms with Gasteiger partial charge in [0, 0.05) is 24.7 Å². The molecule has 0 bridgehead atoms. The number of para-hydroxylation sites is 1. The summed E-state index contributed by atoms with van der Waals surface area (Å²) in [6.07, 6.45) is 2.59. The lowest BCUT2D eigenvalue weighted by Gasteiger charge is -2.32. The fraction of sp³-hybridized carbons (Fsp3) is 0.647. The summed E-state index contributed by atoms with van der Waals surface area (Å²) in [5.41, 5.74) is 7.27. The number of nitrogens with zero attached hydrogens (tertiary/aromatic N) is 2. The number of benzene rings is 1. The van der Waals surface area contributed by atoms with Crippen LogP contribution < -0.4 is 10.5 Å². The zero-order valence-electron chi connectivity index (χ0n) is 13.6. The summed E-state index contributed by atoms with van der Waals surface area (Å²) in [6.45, 7) is 5.58. The van der Waals surface area contributed by atoms with Crippen molar-refractivity contribution in [1.82, 2.24) is 9.80 Å². The Morgan fingerprint density at radius 1 is 1.43 bits per heavy atom. The molecule has 1 saturated heterocycles. The second-order valence-electron chi connectivity index (χ2n) is 5.94. The van der Waals surface area contributed by atoms with Crippen LogP contribution in [0.4, 0.5) is 0 Å². The van der Waals surface area contributed by atoms with Crippen molar-refractivity contribution in [1.29, 1.82) is 0 Å². The van der Waals surface area contributed by atoms with Crippen LogP contribution in [-0.4, -0.2) is 56.2 Å². The van der Waals surface area contributed by atoms with E-state index in [1.807, 2.05) is 19.1 Å². The smallest absolute Gasteiger partial charge is 0.124 e. The van der Waals surface area contributed by atoms with Crippen molar-refractivity contribution in [3.8, 4) is 5.75 Å². The van der Waals surface area contributed by atoms with Crippen molar-refractivity contribution >= 4 is 0 Å². The minimum atomic E-state index is 0.210. The molecule has 0 aliphatic carbocycles. The molecule has 1 aliphatic heterocycles. The van der Waals surface area contributed by atoms with Crippen LogP contribution in [0.25, 0.3) is 0 Å². The van der Waals surface area contributed by atoms with Gasteiger partial charge in [-0.25, -0.2) is 0 Å². The van der Waals surface area contributed by atoms with Gasteiger partial charge in [-0.15, -0.1) is 0 Å². The largest absolute Gasteiger partial charge is 0.494 e. The Morgan fingerprint density at radius 3 is 2.81 bits per heavy atom. The summed E-state index contributed by atoms with van der Waals surface area (Å²) in [4.78, 5) is 4.84. The van der Waals surface area contributed by atoms with E-state index in [-0.39, 0.29) is 6.04 Å². The average molecular weight is 291 g/mol. The van der Waals surface area contributed by atoms with Crippen molar-refractivity contribution in [2.45, 2.75) is 31.8 Å². The van der Waals surface area contributed by atoms with E-state index in [9.17, 15) is 0 Å². The van der Waals surface area contributed by atoms with E-state index < -0.39 is 0 Å². The van der Waals surface area contributed by atoms with E-state index in [1.54, 1.807) is 0 Å². The zero-order valence-corrected chi connectivity index (χ0v) is 13.6. The molecule has 0 radical (unpaired) electrons. The van der Waals surface area contributed by atoms with Crippen LogP contribution in [0.1, 0.15) is 31.4 Å². The molecule has 0 saturated carbocycles. The van der Waals surface area contributed by atoms with Crippen molar-refractivity contribution in [2.75, 3.05) is 40.3 Å². The van der Waals surface area contributed by atoms with E-state index in [0.29, 0.717) is 19.2 Å². The van der Waals surface area contributed by atoms with Crippen LogP contribution >= 0.6 is 0 Å². The molecule has 0 spiro atoms. The van der Waals surface area contributed by atoms with E-state index in [0.717, 1.165) is 12.3 Å². The van der Waals surface area contributed by atoms with Gasteiger partial charge >= 0.3 is 0 Å². The summed E-state index contributed by atoms with van der Waals surface area (Å²) >= 11 is 0. The van der Waals surface area contributed by atoms with Gasteiger partial charge in [-0.2, -0.15) is 0 Å². The lowest BCUT2D eigenvalue weighted by atomic mass is 10.0. The SMILES string of the molecule is CCOc1ccccc1C(CN)N(C)CC1CCCN1C. The molecule has 1 heterocycles. The van der Waals surface area contributed by atoms with Gasteiger partial charge in [-0.1, -0.05) is 18.2 Å². The maximum Gasteiger partial charge on any atom is 0.124 e. The minimum Gasteiger partial charge on any atom is -0.494 e. The molecule has 1 aromatic rings. The van der Waals surface area contributed by atoms with Gasteiger partial charge in [0.15, 0.2) is 0 Å². The fourth-order valence-electron chi connectivity index (χ4n) is 3.26. The third-order valence-corrected chi connectivity index (χ3v) is 4.50. The standard InChI is InChI=1S/C17H29N3O/c1-4-21-17-10-6-5-9-15(17)16(12-18)20(3)13-14-8-7-11-19(14)2/h5-6,9-10,14,16H,4,7-8,11-13,18H2,1-3H3. The molecule has 21 heavy (non-hydrogen) atoms. The van der Waals surface area contributed by atoms with E-state index in [1.165, 1.54) is 24.9 Å². The Hall–Kier alpha value is -1.10. The highest BCUT2D eigenvalue weighted by Gasteiger charge is 2.26. The predicted octanol–water partition coefficient (Wildman–Crippen LogP) is 2.11. The van der Waals surface area contributed by atoms with Crippen LogP contribution in [0.2, 0.25) is 0 Å². The van der Waals surface area contributed by atoms with Crippen molar-refractivity contribution in [3.63, 3.8) is 0 Å². The normalized spacial score (nSPS) is 20.9. The number of likely N-dealkylation sites (N-methyl/N-ethyl adjacent to an activating group) is 2. The van der Waals surface area contributed by atoms with Gasteiger partial charge in [-0.3, -0.25) is 4.90 Å². The first-order chi connectivity index (χ1) is 10.2. The number of nitrogens with two attached hydrogens (primary N) is 1. The van der Waals surface area contributed by atoms with Gasteiger partial charge in [0.25, 0.3) is 0 Å². The number of rotatable bonds is 7. The van der Waals surface area contributed by atoms with Crippen LogP contribution in [0.15, 0.2) is 24.3 Å². The quantitative estimate of drug-likeness (QED) is 0.835. The Balaban J connectivity index is 2.11. The molecule has 1 aliphatic rings. The summed E-state index contributed by atoms with van der Waals surface area (Å²) in [7, 11) is 4.39. The summed E-state index contributed by atoms with van der Waals surface area (Å²) in [5, 5.41) is 0. The lowest BCUT2D eigenvalue weighted by molar-refractivity contribution is 0.176. The molecule has 2 unspecified atom stereocenters. The number of ether oxygens (including phenoxy) is 1. The molecule has 2 N–H and O–H groups in total. The zero-order chi connectivity index (χ0) is 15.2. The Kier molecular flexibility index (Phi) is 6.03. The van der Waals surface area contributed by atoms with Crippen LogP contribution in [0.5, 0.6) is 5.75 Å². The fourth-order valence-corrected chi connectivity index (χ4v) is 3.26. The lowest BCUT2D eigenvalue weighted by Crippen LogP contribution is -2.40. The first kappa shape index (κ1) is 16.3. The first-order valence-electron chi connectivity index (χ1n) is 7.99. The molecule has 118 valence electrons. The topological polar surface area (TPSA) is 41.7 Å². The molecule has 2 atom stereocenters. The van der Waals surface area contributed by atoms with Gasteiger partial charge in [0.1, 0.15) is 5.75 Å². The Labute approximate surface area is 128 Å². The third kappa shape index (κ3) is 3.96. The molecule has 0 aromatic heterocycles. The highest BCUT2D eigenvalue weighted by Crippen LogP contribution is 2.29. The van der Waals surface area contributed by atoms with E-state index >= 15 is 0 Å². The van der Waals surface area contributed by atoms with Crippen molar-refractivity contribution < 1.29 is 4.74 Å². The molecular formula is C17H29N3O. The highest BCUT2D eigenvalue weighted by atomic mass is 16.5. The molecule has 1 aromatic carbocycles. The molecular weight excluding hydrogens is 262 g/mol. The highest BCUT2D eigenvalue weighted by molar-refractivity contribution is 5.36. The van der Waals surface area contributed by atoms with Crippen molar-refractivity contribution in [2.24, 2.45) is 5.73 Å². The van der Waals surface area contributed by atoms with Crippen LogP contribution in [-0.2, 0) is 0 Å². The second kappa shape index (κ2) is 7.78. The summed E-state index contributed by atoms with van der Waals surface area (Å²) in [6, 6.07) is 9.11. The molecule has 1 fully saturated rings. The molecule has 4 nitrogen and oxygen atoms in total. The van der Waals surface area contributed by atoms with Crippen LogP contribution in [0.3, 0.4) is 0 Å². The Morgan fingerprint density at radius 2 is 2.19 bits per heavy atom. The second-order valence-corrected chi connectivity index (χ2v) is 5.94. The first-order valence-corrected chi connectivity index (χ1v) is 7.99. The van der Waals surface area contributed by atoms with E-state index in [2.05, 4.69) is 36.0 Å². The van der Waals surface area contributed by atoms with E-state index in [4.69, 9.17) is 10.5 Å². The minimum absolute atomic E-state index is 0.210. The van der Waals surface area contributed by atoms with Crippen molar-refractivity contribution in [3.05, 3.63) is 29.8 Å². The average Bonchev–Trinajstić information content (AvgIpc) is 2.87. The maximum absolute atomic E-state index is 6.07. The number of hydrogen-bond donors (Lipinski definition) is 1. The summed E-state index contributed by atoms with van der Waals surface area (Å²) < 4.78 is 5.77.